The molecule has 1 heterocycles. The first-order valence-corrected chi connectivity index (χ1v) is 11.5. The molecule has 1 rings (SSSR count). The van der Waals surface area contributed by atoms with Gasteiger partial charge in [0.15, 0.2) is 0 Å². The molecule has 1 aliphatic heterocycles. The molecule has 0 aliphatic carbocycles. The van der Waals surface area contributed by atoms with E-state index in [-0.39, 0.29) is 18.6 Å². The number of ether oxygens (including phenoxy) is 3. The van der Waals surface area contributed by atoms with E-state index < -0.39 is 42.3 Å². The minimum Gasteiger partial charge on any atom is -0.463 e. The average Bonchev–Trinajstić information content (AvgIpc) is 3.13. The lowest BCUT2D eigenvalue weighted by molar-refractivity contribution is -0.155. The van der Waals surface area contributed by atoms with Gasteiger partial charge >= 0.3 is 18.0 Å². The standard InChI is InChI=1S/C22H37N5O7/c1-4-5-9-24-12-17(13-25-10-7-6-8-23)21(30)27-22(31)26-20-11-18(33-16(3)29)19(34-20)14-32-15(2)28/h12-13,18-20,24H,4-11,14,23H2,1-3H3,(H2,26,27,30,31)/b17-12-,25-13?/t18-,19+,20+/m0/s1. The third-order valence-electron chi connectivity index (χ3n) is 4.65. The molecule has 0 saturated carbocycles. The summed E-state index contributed by atoms with van der Waals surface area (Å²) in [5.41, 5.74) is 5.66. The van der Waals surface area contributed by atoms with Crippen LogP contribution in [0.15, 0.2) is 16.8 Å². The normalized spacial score (nSPS) is 20.1. The number of rotatable bonds is 14. The number of hydrogen-bond donors (Lipinski definition) is 4. The van der Waals surface area contributed by atoms with Crippen molar-refractivity contribution in [1.82, 2.24) is 16.0 Å². The van der Waals surface area contributed by atoms with Crippen LogP contribution in [0, 0.1) is 0 Å². The highest BCUT2D eigenvalue weighted by atomic mass is 16.6. The molecular weight excluding hydrogens is 446 g/mol. The zero-order valence-electron chi connectivity index (χ0n) is 20.1. The molecule has 0 aromatic rings. The Labute approximate surface area is 200 Å². The Hall–Kier alpha value is -2.99. The Balaban J connectivity index is 2.69. The second kappa shape index (κ2) is 16.6. The summed E-state index contributed by atoms with van der Waals surface area (Å²) in [4.78, 5) is 51.6. The summed E-state index contributed by atoms with van der Waals surface area (Å²) in [7, 11) is 0. The molecule has 12 heteroatoms. The van der Waals surface area contributed by atoms with Crippen LogP contribution in [0.5, 0.6) is 0 Å². The highest BCUT2D eigenvalue weighted by molar-refractivity contribution is 6.16. The largest absolute Gasteiger partial charge is 0.463 e. The first kappa shape index (κ1) is 29.0. The maximum atomic E-state index is 12.6. The Bertz CT molecular complexity index is 741. The van der Waals surface area contributed by atoms with E-state index in [4.69, 9.17) is 19.9 Å². The van der Waals surface area contributed by atoms with Crippen molar-refractivity contribution >= 4 is 30.1 Å². The highest BCUT2D eigenvalue weighted by Gasteiger charge is 2.39. The monoisotopic (exact) mass is 483 g/mol. The first-order valence-electron chi connectivity index (χ1n) is 11.5. The fourth-order valence-corrected chi connectivity index (χ4v) is 2.98. The maximum Gasteiger partial charge on any atom is 0.323 e. The number of nitrogens with two attached hydrogens (primary N) is 1. The number of esters is 2. The van der Waals surface area contributed by atoms with Gasteiger partial charge in [-0.3, -0.25) is 24.7 Å². The van der Waals surface area contributed by atoms with E-state index in [1.807, 2.05) is 0 Å². The molecule has 5 N–H and O–H groups in total. The number of carbonyl (C=O) groups is 4. The van der Waals surface area contributed by atoms with Crippen molar-refractivity contribution in [1.29, 1.82) is 0 Å². The lowest BCUT2D eigenvalue weighted by atomic mass is 10.2. The molecule has 0 spiro atoms. The molecule has 0 unspecified atom stereocenters. The molecule has 0 bridgehead atoms. The second-order valence-electron chi connectivity index (χ2n) is 7.72. The van der Waals surface area contributed by atoms with Crippen molar-refractivity contribution < 1.29 is 33.4 Å². The van der Waals surface area contributed by atoms with Gasteiger partial charge in [0.25, 0.3) is 5.91 Å². The minimum absolute atomic E-state index is 0.136. The predicted octanol–water partition coefficient (Wildman–Crippen LogP) is 0.505. The molecule has 0 aromatic carbocycles. The van der Waals surface area contributed by atoms with E-state index in [0.717, 1.165) is 25.7 Å². The number of aliphatic imine (C=N–C) groups is 1. The molecule has 1 saturated heterocycles. The topological polar surface area (TPSA) is 170 Å². The summed E-state index contributed by atoms with van der Waals surface area (Å²) < 4.78 is 15.7. The predicted molar refractivity (Wildman–Crippen MR) is 125 cm³/mol. The van der Waals surface area contributed by atoms with Gasteiger partial charge in [0.05, 0.1) is 5.57 Å². The Kier molecular flexibility index (Phi) is 14.2. The third-order valence-corrected chi connectivity index (χ3v) is 4.65. The molecule has 1 fully saturated rings. The van der Waals surface area contributed by atoms with Crippen LogP contribution in [-0.4, -0.2) is 74.8 Å². The Morgan fingerprint density at radius 3 is 2.56 bits per heavy atom. The van der Waals surface area contributed by atoms with Gasteiger partial charge in [0.1, 0.15) is 25.0 Å². The number of unbranched alkanes of at least 4 members (excludes halogenated alkanes) is 2. The molecule has 34 heavy (non-hydrogen) atoms. The van der Waals surface area contributed by atoms with Crippen molar-refractivity contribution in [2.45, 2.75) is 71.3 Å². The van der Waals surface area contributed by atoms with Crippen LogP contribution >= 0.6 is 0 Å². The van der Waals surface area contributed by atoms with Crippen LogP contribution in [0.1, 0.15) is 52.9 Å². The Morgan fingerprint density at radius 1 is 1.15 bits per heavy atom. The van der Waals surface area contributed by atoms with Crippen LogP contribution < -0.4 is 21.7 Å². The molecule has 3 atom stereocenters. The van der Waals surface area contributed by atoms with Crippen LogP contribution in [0.4, 0.5) is 4.79 Å². The van der Waals surface area contributed by atoms with Gasteiger partial charge in [-0.2, -0.15) is 0 Å². The van der Waals surface area contributed by atoms with Crippen molar-refractivity contribution in [2.75, 3.05) is 26.2 Å². The third kappa shape index (κ3) is 12.3. The van der Waals surface area contributed by atoms with E-state index in [9.17, 15) is 19.2 Å². The average molecular weight is 484 g/mol. The minimum atomic E-state index is -0.849. The number of nitrogens with one attached hydrogen (secondary N) is 3. The van der Waals surface area contributed by atoms with Gasteiger partial charge < -0.3 is 30.6 Å². The van der Waals surface area contributed by atoms with Gasteiger partial charge in [-0.1, -0.05) is 13.3 Å². The van der Waals surface area contributed by atoms with Gasteiger partial charge in [0.2, 0.25) is 0 Å². The van der Waals surface area contributed by atoms with E-state index in [1.54, 1.807) is 0 Å². The summed E-state index contributed by atoms with van der Waals surface area (Å²) in [5.74, 6) is -1.69. The summed E-state index contributed by atoms with van der Waals surface area (Å²) in [6.45, 7) is 6.17. The SMILES string of the molecule is CCCCN/C=C(/C=NCCCCN)C(=O)NC(=O)N[C@H]1C[C@H](OC(C)=O)[C@@H](COC(C)=O)O1. The van der Waals surface area contributed by atoms with Gasteiger partial charge in [0, 0.05) is 45.8 Å². The Morgan fingerprint density at radius 2 is 1.91 bits per heavy atom. The van der Waals surface area contributed by atoms with E-state index >= 15 is 0 Å². The smallest absolute Gasteiger partial charge is 0.323 e. The summed E-state index contributed by atoms with van der Waals surface area (Å²) in [6, 6.07) is -0.791. The fraction of sp³-hybridized carbons (Fsp3) is 0.682. The number of carbonyl (C=O) groups excluding carboxylic acids is 4. The molecule has 0 aromatic heterocycles. The zero-order chi connectivity index (χ0) is 25.3. The lowest BCUT2D eigenvalue weighted by Crippen LogP contribution is -2.45. The lowest BCUT2D eigenvalue weighted by Gasteiger charge is -2.17. The quantitative estimate of drug-likeness (QED) is 0.119. The molecule has 3 amide bonds. The van der Waals surface area contributed by atoms with Gasteiger partial charge in [-0.05, 0) is 25.8 Å². The van der Waals surface area contributed by atoms with E-state index in [2.05, 4.69) is 27.9 Å². The summed E-state index contributed by atoms with van der Waals surface area (Å²) in [6.07, 6.45) is 4.30. The van der Waals surface area contributed by atoms with Crippen LogP contribution in [0.25, 0.3) is 0 Å². The van der Waals surface area contributed by atoms with E-state index in [1.165, 1.54) is 26.3 Å². The fourth-order valence-electron chi connectivity index (χ4n) is 2.98. The number of imide groups is 1. The van der Waals surface area contributed by atoms with Crippen molar-refractivity contribution in [3.63, 3.8) is 0 Å². The first-order chi connectivity index (χ1) is 16.3. The van der Waals surface area contributed by atoms with Crippen molar-refractivity contribution in [2.24, 2.45) is 10.7 Å². The summed E-state index contributed by atoms with van der Waals surface area (Å²) in [5, 5.41) is 7.79. The number of amides is 3. The van der Waals surface area contributed by atoms with Crippen LogP contribution in [0.2, 0.25) is 0 Å². The maximum absolute atomic E-state index is 12.6. The molecule has 192 valence electrons. The van der Waals surface area contributed by atoms with Crippen molar-refractivity contribution in [3.05, 3.63) is 11.8 Å². The molecule has 1 aliphatic rings. The van der Waals surface area contributed by atoms with Crippen LogP contribution in [0.3, 0.4) is 0 Å². The second-order valence-corrected chi connectivity index (χ2v) is 7.72. The zero-order valence-corrected chi connectivity index (χ0v) is 20.1. The van der Waals surface area contributed by atoms with E-state index in [0.29, 0.717) is 19.6 Å². The summed E-state index contributed by atoms with van der Waals surface area (Å²) >= 11 is 0. The highest BCUT2D eigenvalue weighted by Crippen LogP contribution is 2.22. The molecular formula is C22H37N5O7. The molecule has 0 radical (unpaired) electrons. The number of urea groups is 1. The number of nitrogens with zero attached hydrogens (tertiary/aromatic N) is 1. The van der Waals surface area contributed by atoms with Gasteiger partial charge in [-0.25, -0.2) is 4.79 Å². The molecule has 12 nitrogen and oxygen atoms in total. The number of hydrogen-bond acceptors (Lipinski definition) is 10. The van der Waals surface area contributed by atoms with Crippen molar-refractivity contribution in [3.8, 4) is 0 Å². The van der Waals surface area contributed by atoms with Crippen LogP contribution in [-0.2, 0) is 28.6 Å². The van der Waals surface area contributed by atoms with Gasteiger partial charge in [-0.15, -0.1) is 0 Å².